The van der Waals surface area contributed by atoms with E-state index in [9.17, 15) is 14.7 Å². The molecular formula is C26H19BrN2O3S. The van der Waals surface area contributed by atoms with Crippen LogP contribution in [-0.4, -0.2) is 21.8 Å². The molecule has 1 atom stereocenters. The minimum atomic E-state index is -0.791. The number of ketones is 1. The van der Waals surface area contributed by atoms with Crippen LogP contribution in [0.25, 0.3) is 16.0 Å². The van der Waals surface area contributed by atoms with Crippen molar-refractivity contribution in [3.05, 3.63) is 99.0 Å². The Hall–Kier alpha value is -3.29. The first-order chi connectivity index (χ1) is 15.8. The second-order valence-electron chi connectivity index (χ2n) is 8.01. The maximum atomic E-state index is 13.3. The van der Waals surface area contributed by atoms with Gasteiger partial charge < -0.3 is 5.11 Å². The monoisotopic (exact) mass is 518 g/mol. The summed E-state index contributed by atoms with van der Waals surface area (Å²) >= 11 is 4.81. The lowest BCUT2D eigenvalue weighted by Gasteiger charge is -2.23. The van der Waals surface area contributed by atoms with Crippen molar-refractivity contribution < 1.29 is 14.7 Å². The Balaban J connectivity index is 1.75. The summed E-state index contributed by atoms with van der Waals surface area (Å²) in [6.45, 7) is 3.99. The minimum Gasteiger partial charge on any atom is -0.507 e. The summed E-state index contributed by atoms with van der Waals surface area (Å²) in [5, 5.41) is 11.6. The number of hydrogen-bond acceptors (Lipinski definition) is 5. The van der Waals surface area contributed by atoms with Crippen molar-refractivity contribution in [2.45, 2.75) is 19.9 Å². The van der Waals surface area contributed by atoms with Gasteiger partial charge in [0.15, 0.2) is 5.13 Å². The van der Waals surface area contributed by atoms with Crippen LogP contribution in [0.2, 0.25) is 0 Å². The van der Waals surface area contributed by atoms with E-state index in [1.807, 2.05) is 56.3 Å². The number of aliphatic hydroxyl groups is 1. The molecule has 1 aromatic heterocycles. The van der Waals surface area contributed by atoms with Crippen LogP contribution in [-0.2, 0) is 9.59 Å². The number of Topliss-reactive ketones (excluding diaryl/α,β-unsaturated/α-hetero) is 1. The van der Waals surface area contributed by atoms with Crippen molar-refractivity contribution in [1.29, 1.82) is 0 Å². The molecule has 4 aromatic rings. The predicted octanol–water partition coefficient (Wildman–Crippen LogP) is 6.30. The van der Waals surface area contributed by atoms with Crippen LogP contribution < -0.4 is 4.90 Å². The van der Waals surface area contributed by atoms with Gasteiger partial charge in [0.1, 0.15) is 5.76 Å². The number of aromatic nitrogens is 1. The maximum Gasteiger partial charge on any atom is 0.301 e. The lowest BCUT2D eigenvalue weighted by Crippen LogP contribution is -2.29. The largest absolute Gasteiger partial charge is 0.507 e. The fourth-order valence-corrected chi connectivity index (χ4v) is 5.64. The minimum absolute atomic E-state index is 0.0562. The van der Waals surface area contributed by atoms with Crippen LogP contribution in [0, 0.1) is 13.8 Å². The number of aliphatic hydroxyl groups excluding tert-OH is 1. The van der Waals surface area contributed by atoms with E-state index in [0.717, 1.165) is 25.8 Å². The van der Waals surface area contributed by atoms with Crippen molar-refractivity contribution in [3.8, 4) is 0 Å². The van der Waals surface area contributed by atoms with Gasteiger partial charge in [0.05, 0.1) is 21.8 Å². The molecule has 1 aliphatic rings. The van der Waals surface area contributed by atoms with Gasteiger partial charge in [-0.05, 0) is 48.7 Å². The van der Waals surface area contributed by atoms with Crippen molar-refractivity contribution in [1.82, 2.24) is 4.98 Å². The molecular weight excluding hydrogens is 500 g/mol. The number of amides is 1. The van der Waals surface area contributed by atoms with Crippen LogP contribution in [0.4, 0.5) is 5.13 Å². The normalized spacial score (nSPS) is 17.8. The van der Waals surface area contributed by atoms with E-state index in [0.29, 0.717) is 16.3 Å². The van der Waals surface area contributed by atoms with Gasteiger partial charge in [-0.25, -0.2) is 4.98 Å². The van der Waals surface area contributed by atoms with E-state index in [2.05, 4.69) is 15.9 Å². The van der Waals surface area contributed by atoms with Crippen LogP contribution in [0.3, 0.4) is 0 Å². The number of aryl methyl sites for hydroxylation is 2. The summed E-state index contributed by atoms with van der Waals surface area (Å²) < 4.78 is 1.82. The second-order valence-corrected chi connectivity index (χ2v) is 9.94. The van der Waals surface area contributed by atoms with Crippen molar-refractivity contribution in [2.75, 3.05) is 4.90 Å². The average molecular weight is 519 g/mol. The molecule has 2 heterocycles. The van der Waals surface area contributed by atoms with Crippen molar-refractivity contribution in [3.63, 3.8) is 0 Å². The molecule has 0 spiro atoms. The van der Waals surface area contributed by atoms with Crippen LogP contribution in [0.15, 0.2) is 76.8 Å². The molecule has 5 rings (SSSR count). The molecule has 1 aliphatic heterocycles. The Bertz CT molecular complexity index is 1440. The van der Waals surface area contributed by atoms with Gasteiger partial charge in [0.2, 0.25) is 0 Å². The molecule has 1 saturated heterocycles. The smallest absolute Gasteiger partial charge is 0.301 e. The first kappa shape index (κ1) is 21.6. The quantitative estimate of drug-likeness (QED) is 0.196. The first-order valence-electron chi connectivity index (χ1n) is 10.3. The van der Waals surface area contributed by atoms with E-state index in [-0.39, 0.29) is 11.3 Å². The summed E-state index contributed by atoms with van der Waals surface area (Å²) in [4.78, 5) is 32.7. The second kappa shape index (κ2) is 8.24. The third kappa shape index (κ3) is 3.67. The molecule has 1 amide bonds. The third-order valence-electron chi connectivity index (χ3n) is 5.70. The topological polar surface area (TPSA) is 70.5 Å². The molecule has 0 aliphatic carbocycles. The molecule has 0 radical (unpaired) electrons. The number of halogens is 1. The summed E-state index contributed by atoms with van der Waals surface area (Å²) in [5.74, 6) is -1.62. The zero-order valence-corrected chi connectivity index (χ0v) is 20.3. The fourth-order valence-electron chi connectivity index (χ4n) is 4.20. The van der Waals surface area contributed by atoms with E-state index >= 15 is 0 Å². The summed E-state index contributed by atoms with van der Waals surface area (Å²) in [6, 6.07) is 19.5. The van der Waals surface area contributed by atoms with Gasteiger partial charge in [0.25, 0.3) is 5.78 Å². The van der Waals surface area contributed by atoms with Crippen LogP contribution >= 0.6 is 27.3 Å². The standard InChI is InChI=1S/C26H19BrN2O3S/c1-14-12-15(2)21-19(13-14)33-26(28-21)29-22(16-8-10-18(27)11-9-16)20(24(31)25(29)32)23(30)17-6-4-3-5-7-17/h3-13,22,30H,1-2H3/b23-20+/t22-/m1/s1. The van der Waals surface area contributed by atoms with E-state index in [1.165, 1.54) is 16.2 Å². The molecule has 1 fully saturated rings. The third-order valence-corrected chi connectivity index (χ3v) is 7.23. The van der Waals surface area contributed by atoms with E-state index < -0.39 is 17.7 Å². The average Bonchev–Trinajstić information content (AvgIpc) is 3.33. The molecule has 5 nitrogen and oxygen atoms in total. The van der Waals surface area contributed by atoms with Crippen LogP contribution in [0.1, 0.15) is 28.3 Å². The number of fused-ring (bicyclic) bond motifs is 1. The summed E-state index contributed by atoms with van der Waals surface area (Å²) in [7, 11) is 0. The number of benzene rings is 3. The number of anilines is 1. The molecule has 164 valence electrons. The number of hydrogen-bond donors (Lipinski definition) is 1. The number of carbonyl (C=O) groups is 2. The van der Waals surface area contributed by atoms with Gasteiger partial charge in [-0.1, -0.05) is 75.8 Å². The molecule has 0 bridgehead atoms. The number of nitrogens with zero attached hydrogens (tertiary/aromatic N) is 2. The zero-order valence-electron chi connectivity index (χ0n) is 17.9. The number of carbonyl (C=O) groups excluding carboxylic acids is 2. The maximum absolute atomic E-state index is 13.3. The Morgan fingerprint density at radius 2 is 1.73 bits per heavy atom. The Labute approximate surface area is 203 Å². The molecule has 33 heavy (non-hydrogen) atoms. The van der Waals surface area contributed by atoms with Gasteiger partial charge in [0, 0.05) is 10.0 Å². The zero-order chi connectivity index (χ0) is 23.3. The fraction of sp³-hybridized carbons (Fsp3) is 0.115. The van der Waals surface area contributed by atoms with Gasteiger partial charge in [-0.15, -0.1) is 0 Å². The van der Waals surface area contributed by atoms with Crippen molar-refractivity contribution in [2.24, 2.45) is 0 Å². The first-order valence-corrected chi connectivity index (χ1v) is 12.0. The highest BCUT2D eigenvalue weighted by atomic mass is 79.9. The SMILES string of the molecule is Cc1cc(C)c2nc(N3C(=O)C(=O)/C(=C(/O)c4ccccc4)[C@H]3c3ccc(Br)cc3)sc2c1. The molecule has 7 heteroatoms. The van der Waals surface area contributed by atoms with E-state index in [4.69, 9.17) is 4.98 Å². The summed E-state index contributed by atoms with van der Waals surface area (Å²) in [5.41, 5.74) is 4.16. The summed E-state index contributed by atoms with van der Waals surface area (Å²) in [6.07, 6.45) is 0. The predicted molar refractivity (Wildman–Crippen MR) is 134 cm³/mol. The van der Waals surface area contributed by atoms with Gasteiger partial charge in [-0.3, -0.25) is 14.5 Å². The van der Waals surface area contributed by atoms with Crippen molar-refractivity contribution >= 4 is 60.1 Å². The van der Waals surface area contributed by atoms with Crippen LogP contribution in [0.5, 0.6) is 0 Å². The highest BCUT2D eigenvalue weighted by molar-refractivity contribution is 9.10. The Morgan fingerprint density at radius 1 is 1.03 bits per heavy atom. The Kier molecular flexibility index (Phi) is 5.38. The van der Waals surface area contributed by atoms with Gasteiger partial charge in [-0.2, -0.15) is 0 Å². The van der Waals surface area contributed by atoms with E-state index in [1.54, 1.807) is 24.3 Å². The highest BCUT2D eigenvalue weighted by Gasteiger charge is 2.48. The molecule has 1 N–H and O–H groups in total. The number of rotatable bonds is 3. The molecule has 0 unspecified atom stereocenters. The number of thiazole rings is 1. The van der Waals surface area contributed by atoms with Gasteiger partial charge >= 0.3 is 5.91 Å². The lowest BCUT2D eigenvalue weighted by molar-refractivity contribution is -0.132. The lowest BCUT2D eigenvalue weighted by atomic mass is 9.95. The molecule has 0 saturated carbocycles. The highest BCUT2D eigenvalue weighted by Crippen LogP contribution is 2.44. The Morgan fingerprint density at radius 3 is 2.42 bits per heavy atom. The molecule has 3 aromatic carbocycles.